The maximum absolute atomic E-state index is 12.4. The van der Waals surface area contributed by atoms with Gasteiger partial charge in [0, 0.05) is 24.0 Å². The molecule has 3 aromatic rings. The minimum absolute atomic E-state index is 0.188. The average molecular weight is 444 g/mol. The number of ether oxygens (including phenoxy) is 2. The molecule has 0 spiro atoms. The Labute approximate surface area is 191 Å². The first-order chi connectivity index (χ1) is 16.1. The fourth-order valence-electron chi connectivity index (χ4n) is 3.48. The predicted molar refractivity (Wildman–Crippen MR) is 125 cm³/mol. The first kappa shape index (κ1) is 22.0. The maximum Gasteiger partial charge on any atom is 0.267 e. The minimum Gasteiger partial charge on any atom is -0.497 e. The Bertz CT molecular complexity index is 1190. The van der Waals surface area contributed by atoms with Crippen molar-refractivity contribution in [3.8, 4) is 33.9 Å². The van der Waals surface area contributed by atoms with Gasteiger partial charge in [-0.3, -0.25) is 14.6 Å². The zero-order valence-corrected chi connectivity index (χ0v) is 18.4. The molecule has 0 saturated carbocycles. The number of hydrazone groups is 1. The zero-order chi connectivity index (χ0) is 23.2. The first-order valence-corrected chi connectivity index (χ1v) is 10.5. The van der Waals surface area contributed by atoms with Gasteiger partial charge < -0.3 is 14.8 Å². The molecule has 0 radical (unpaired) electrons. The van der Waals surface area contributed by atoms with Crippen molar-refractivity contribution in [3.05, 3.63) is 66.4 Å². The van der Waals surface area contributed by atoms with E-state index < -0.39 is 0 Å². The van der Waals surface area contributed by atoms with Crippen molar-refractivity contribution >= 4 is 17.5 Å². The molecule has 1 aliphatic rings. The molecule has 0 saturated heterocycles. The number of carbonyl (C=O) groups excluding carboxylic acids is 2. The van der Waals surface area contributed by atoms with E-state index in [1.54, 1.807) is 14.2 Å². The van der Waals surface area contributed by atoms with Crippen molar-refractivity contribution in [1.29, 1.82) is 0 Å². The van der Waals surface area contributed by atoms with Crippen molar-refractivity contribution in [2.24, 2.45) is 5.10 Å². The fourth-order valence-corrected chi connectivity index (χ4v) is 3.48. The second-order valence-electron chi connectivity index (χ2n) is 7.43. The van der Waals surface area contributed by atoms with Crippen molar-refractivity contribution in [2.45, 2.75) is 19.4 Å². The summed E-state index contributed by atoms with van der Waals surface area (Å²) in [5.41, 5.74) is 7.01. The summed E-state index contributed by atoms with van der Waals surface area (Å²) in [6, 6.07) is 19.4. The average Bonchev–Trinajstić information content (AvgIpc) is 2.87. The molecular weight excluding hydrogens is 420 g/mol. The van der Waals surface area contributed by atoms with Crippen LogP contribution in [0.4, 0.5) is 0 Å². The van der Waals surface area contributed by atoms with Gasteiger partial charge in [0.15, 0.2) is 0 Å². The molecular formula is C25H24N4O4. The van der Waals surface area contributed by atoms with Crippen LogP contribution in [0.2, 0.25) is 0 Å². The van der Waals surface area contributed by atoms with Crippen LogP contribution in [-0.4, -0.2) is 36.7 Å². The number of methoxy groups -OCH3 is 2. The van der Waals surface area contributed by atoms with Gasteiger partial charge in [0.1, 0.15) is 17.2 Å². The summed E-state index contributed by atoms with van der Waals surface area (Å²) in [6.45, 7) is 0.234. The van der Waals surface area contributed by atoms with Crippen LogP contribution in [0.3, 0.4) is 0 Å². The highest BCUT2D eigenvalue weighted by molar-refractivity contribution is 6.39. The van der Waals surface area contributed by atoms with Gasteiger partial charge in [0.25, 0.3) is 5.91 Å². The molecule has 8 heteroatoms. The standard InChI is InChI=1S/C25H24N4O4/c1-32-19-8-3-16(4-9-19)21-12-7-18(15-26-25(31)22-13-14-23(30)29-28-22)27-24(21)17-5-10-20(33-2)11-6-17/h3-12H,13-15H2,1-2H3,(H,26,31)(H,29,30). The van der Waals surface area contributed by atoms with Crippen LogP contribution in [-0.2, 0) is 16.1 Å². The lowest BCUT2D eigenvalue weighted by Crippen LogP contribution is -2.36. The molecule has 8 nitrogen and oxygen atoms in total. The van der Waals surface area contributed by atoms with E-state index in [1.807, 2.05) is 60.7 Å². The smallest absolute Gasteiger partial charge is 0.267 e. The highest BCUT2D eigenvalue weighted by atomic mass is 16.5. The number of pyridine rings is 1. The van der Waals surface area contributed by atoms with Gasteiger partial charge in [-0.25, -0.2) is 5.43 Å². The second-order valence-corrected chi connectivity index (χ2v) is 7.43. The normalized spacial score (nSPS) is 13.0. The lowest BCUT2D eigenvalue weighted by molar-refractivity contribution is -0.121. The van der Waals surface area contributed by atoms with Crippen LogP contribution in [0.15, 0.2) is 65.8 Å². The summed E-state index contributed by atoms with van der Waals surface area (Å²) in [6.07, 6.45) is 0.571. The lowest BCUT2D eigenvalue weighted by Gasteiger charge is -2.14. The summed E-state index contributed by atoms with van der Waals surface area (Å²) in [7, 11) is 3.26. The highest BCUT2D eigenvalue weighted by Gasteiger charge is 2.18. The lowest BCUT2D eigenvalue weighted by atomic mass is 9.98. The molecule has 2 heterocycles. The molecule has 2 aromatic carbocycles. The van der Waals surface area contributed by atoms with Crippen molar-refractivity contribution in [2.75, 3.05) is 14.2 Å². The van der Waals surface area contributed by atoms with E-state index in [4.69, 9.17) is 14.5 Å². The molecule has 0 unspecified atom stereocenters. The minimum atomic E-state index is -0.318. The van der Waals surface area contributed by atoms with Crippen LogP contribution in [0.25, 0.3) is 22.4 Å². The zero-order valence-electron chi connectivity index (χ0n) is 18.4. The number of carbonyl (C=O) groups is 2. The molecule has 2 amide bonds. The predicted octanol–water partition coefficient (Wildman–Crippen LogP) is 3.32. The monoisotopic (exact) mass is 444 g/mol. The largest absolute Gasteiger partial charge is 0.497 e. The third kappa shape index (κ3) is 5.17. The molecule has 0 atom stereocenters. The van der Waals surface area contributed by atoms with E-state index in [0.29, 0.717) is 17.8 Å². The van der Waals surface area contributed by atoms with Crippen LogP contribution in [0, 0.1) is 0 Å². The Morgan fingerprint density at radius 1 is 0.909 bits per heavy atom. The Morgan fingerprint density at radius 3 is 2.12 bits per heavy atom. The van der Waals surface area contributed by atoms with E-state index in [0.717, 1.165) is 33.9 Å². The first-order valence-electron chi connectivity index (χ1n) is 10.5. The van der Waals surface area contributed by atoms with E-state index in [9.17, 15) is 9.59 Å². The van der Waals surface area contributed by atoms with Crippen molar-refractivity contribution < 1.29 is 19.1 Å². The number of amides is 2. The molecule has 1 aliphatic heterocycles. The quantitative estimate of drug-likeness (QED) is 0.582. The molecule has 0 bridgehead atoms. The number of nitrogens with one attached hydrogen (secondary N) is 2. The summed E-state index contributed by atoms with van der Waals surface area (Å²) >= 11 is 0. The summed E-state index contributed by atoms with van der Waals surface area (Å²) in [4.78, 5) is 28.5. The molecule has 33 heavy (non-hydrogen) atoms. The highest BCUT2D eigenvalue weighted by Crippen LogP contribution is 2.32. The third-order valence-electron chi connectivity index (χ3n) is 5.31. The van der Waals surface area contributed by atoms with Crippen molar-refractivity contribution in [1.82, 2.24) is 15.7 Å². The molecule has 0 aliphatic carbocycles. The second kappa shape index (κ2) is 9.95. The Kier molecular flexibility index (Phi) is 6.64. The van der Waals surface area contributed by atoms with Crippen LogP contribution >= 0.6 is 0 Å². The maximum atomic E-state index is 12.4. The molecule has 2 N–H and O–H groups in total. The van der Waals surface area contributed by atoms with Crippen molar-refractivity contribution in [3.63, 3.8) is 0 Å². The van der Waals surface area contributed by atoms with Crippen LogP contribution in [0.5, 0.6) is 11.5 Å². The number of rotatable bonds is 7. The van der Waals surface area contributed by atoms with E-state index >= 15 is 0 Å². The Hall–Kier alpha value is -4.20. The van der Waals surface area contributed by atoms with Gasteiger partial charge >= 0.3 is 0 Å². The van der Waals surface area contributed by atoms with Gasteiger partial charge in [-0.1, -0.05) is 18.2 Å². The fraction of sp³-hybridized carbons (Fsp3) is 0.200. The molecule has 4 rings (SSSR count). The Morgan fingerprint density at radius 2 is 1.55 bits per heavy atom. The third-order valence-corrected chi connectivity index (χ3v) is 5.31. The number of benzene rings is 2. The van der Waals surface area contributed by atoms with Gasteiger partial charge in [-0.05, 0) is 48.0 Å². The summed E-state index contributed by atoms with van der Waals surface area (Å²) < 4.78 is 10.6. The van der Waals surface area contributed by atoms with E-state index in [-0.39, 0.29) is 24.8 Å². The van der Waals surface area contributed by atoms with Gasteiger partial charge in [0.05, 0.1) is 32.2 Å². The summed E-state index contributed by atoms with van der Waals surface area (Å²) in [5.74, 6) is 1.03. The van der Waals surface area contributed by atoms with Gasteiger partial charge in [0.2, 0.25) is 5.91 Å². The number of aromatic nitrogens is 1. The molecule has 1 aromatic heterocycles. The molecule has 168 valence electrons. The van der Waals surface area contributed by atoms with E-state index in [1.165, 1.54) is 0 Å². The molecule has 0 fully saturated rings. The Balaban J connectivity index is 1.62. The number of hydrogen-bond donors (Lipinski definition) is 2. The number of nitrogens with zero attached hydrogens (tertiary/aromatic N) is 2. The summed E-state index contributed by atoms with van der Waals surface area (Å²) in [5, 5.41) is 6.67. The van der Waals surface area contributed by atoms with Crippen LogP contribution in [0.1, 0.15) is 18.5 Å². The topological polar surface area (TPSA) is 102 Å². The van der Waals surface area contributed by atoms with E-state index in [2.05, 4.69) is 15.8 Å². The van der Waals surface area contributed by atoms with Crippen LogP contribution < -0.4 is 20.2 Å². The van der Waals surface area contributed by atoms with Gasteiger partial charge in [-0.15, -0.1) is 0 Å². The van der Waals surface area contributed by atoms with Gasteiger partial charge in [-0.2, -0.15) is 5.10 Å². The SMILES string of the molecule is COc1ccc(-c2ccc(CNC(=O)C3=NNC(=O)CC3)nc2-c2ccc(OC)cc2)cc1. The number of hydrogen-bond acceptors (Lipinski definition) is 6.